The quantitative estimate of drug-likeness (QED) is 0.0222. The number of rotatable bonds is 68. The van der Waals surface area contributed by atoms with Crippen LogP contribution >= 0.6 is 15.6 Å². The van der Waals surface area contributed by atoms with Gasteiger partial charge in [-0.15, -0.1) is 0 Å². The van der Waals surface area contributed by atoms with Crippen molar-refractivity contribution in [3.05, 3.63) is 0 Å². The Morgan fingerprint density at radius 2 is 0.580 bits per heavy atom. The van der Waals surface area contributed by atoms with Crippen LogP contribution in [-0.2, 0) is 65.4 Å². The monoisotopic (exact) mass is 1300 g/mol. The Bertz CT molecular complexity index is 1720. The Morgan fingerprint density at radius 3 is 0.864 bits per heavy atom. The van der Waals surface area contributed by atoms with Crippen molar-refractivity contribution < 1.29 is 80.2 Å². The van der Waals surface area contributed by atoms with Gasteiger partial charge in [0.1, 0.15) is 19.3 Å². The van der Waals surface area contributed by atoms with Gasteiger partial charge in [-0.1, -0.05) is 298 Å². The van der Waals surface area contributed by atoms with Crippen molar-refractivity contribution >= 4 is 39.5 Å². The van der Waals surface area contributed by atoms with Crippen LogP contribution in [0.3, 0.4) is 0 Å². The second-order valence-electron chi connectivity index (χ2n) is 25.6. The normalized spacial score (nSPS) is 14.5. The third kappa shape index (κ3) is 61.6. The predicted octanol–water partition coefficient (Wildman–Crippen LogP) is 19.6. The van der Waals surface area contributed by atoms with Crippen LogP contribution in [0.4, 0.5) is 0 Å². The third-order valence-electron chi connectivity index (χ3n) is 16.3. The molecule has 0 spiro atoms. The van der Waals surface area contributed by atoms with E-state index in [0.717, 1.165) is 102 Å². The van der Waals surface area contributed by atoms with Crippen molar-refractivity contribution in [2.24, 2.45) is 11.8 Å². The zero-order valence-electron chi connectivity index (χ0n) is 57.0. The molecule has 0 radical (unpaired) electrons. The SMILES string of the molecule is CCCCCCCCCCCCC(=O)O[C@H](COC(=O)CCCCCCCCCCC)COP(=O)(O)OC[C@H](O)COP(=O)(O)OC[C@@H](COC(=O)CCCCCCCCCCC(C)CC)OC(=O)CCCCCCCCCCCCCCCCC(C)C. The highest BCUT2D eigenvalue weighted by Gasteiger charge is 2.30. The fourth-order valence-corrected chi connectivity index (χ4v) is 12.0. The lowest BCUT2D eigenvalue weighted by atomic mass is 9.99. The van der Waals surface area contributed by atoms with Gasteiger partial charge in [-0.3, -0.25) is 37.3 Å². The number of phosphoric ester groups is 2. The van der Waals surface area contributed by atoms with E-state index in [4.69, 9.17) is 37.0 Å². The molecule has 0 bridgehead atoms. The summed E-state index contributed by atoms with van der Waals surface area (Å²) in [5.74, 6) is -0.554. The van der Waals surface area contributed by atoms with Crippen LogP contribution in [0.25, 0.3) is 0 Å². The zero-order valence-corrected chi connectivity index (χ0v) is 58.8. The molecule has 0 aromatic carbocycles. The van der Waals surface area contributed by atoms with E-state index < -0.39 is 97.5 Å². The van der Waals surface area contributed by atoms with Gasteiger partial charge in [-0.25, -0.2) is 9.13 Å². The largest absolute Gasteiger partial charge is 0.472 e. The highest BCUT2D eigenvalue weighted by molar-refractivity contribution is 7.47. The molecule has 17 nitrogen and oxygen atoms in total. The van der Waals surface area contributed by atoms with Gasteiger partial charge >= 0.3 is 39.5 Å². The number of hydrogen-bond acceptors (Lipinski definition) is 15. The van der Waals surface area contributed by atoms with Crippen molar-refractivity contribution in [3.8, 4) is 0 Å². The van der Waals surface area contributed by atoms with E-state index in [9.17, 15) is 43.2 Å². The van der Waals surface area contributed by atoms with E-state index in [1.165, 1.54) is 167 Å². The minimum Gasteiger partial charge on any atom is -0.462 e. The molecule has 3 unspecified atom stereocenters. The summed E-state index contributed by atoms with van der Waals surface area (Å²) in [6.07, 6.45) is 45.7. The van der Waals surface area contributed by atoms with Crippen molar-refractivity contribution in [1.82, 2.24) is 0 Å². The maximum atomic E-state index is 13.0. The molecule has 0 amide bonds. The van der Waals surface area contributed by atoms with Crippen LogP contribution in [0, 0.1) is 11.8 Å². The first kappa shape index (κ1) is 86.1. The highest BCUT2D eigenvalue weighted by Crippen LogP contribution is 2.45. The maximum absolute atomic E-state index is 13.0. The summed E-state index contributed by atoms with van der Waals surface area (Å²) >= 11 is 0. The van der Waals surface area contributed by atoms with Crippen LogP contribution in [0.1, 0.15) is 350 Å². The summed E-state index contributed by atoms with van der Waals surface area (Å²) in [4.78, 5) is 72.4. The molecule has 3 N–H and O–H groups in total. The lowest BCUT2D eigenvalue weighted by Crippen LogP contribution is -2.30. The zero-order chi connectivity index (χ0) is 65.0. The van der Waals surface area contributed by atoms with Crippen LogP contribution < -0.4 is 0 Å². The molecule has 0 rings (SSSR count). The number of aliphatic hydroxyl groups is 1. The number of aliphatic hydroxyl groups excluding tert-OH is 1. The fourth-order valence-electron chi connectivity index (χ4n) is 10.4. The van der Waals surface area contributed by atoms with Crippen molar-refractivity contribution in [2.45, 2.75) is 368 Å². The fraction of sp³-hybridized carbons (Fsp3) is 0.942. The molecule has 88 heavy (non-hydrogen) atoms. The second-order valence-corrected chi connectivity index (χ2v) is 28.5. The standard InChI is InChI=1S/C69H134O17P2/c1-7-10-12-14-16-18-27-35-41-47-53-68(73)85-64(57-79-66(71)51-45-39-33-25-17-15-13-11-8-2)59-83-87(75,76)81-55-63(70)56-82-88(77,78)84-60-65(58-80-67(72)52-46-40-34-30-29-32-38-44-50-62(6)9-3)86-69(74)54-48-42-36-28-24-22-20-19-21-23-26-31-37-43-49-61(4)5/h61-65,70H,7-60H2,1-6H3,(H,75,76)(H,77,78)/t62?,63-,64+,65+/m0/s1. The van der Waals surface area contributed by atoms with Crippen molar-refractivity contribution in [3.63, 3.8) is 0 Å². The molecule has 19 heteroatoms. The molecule has 6 atom stereocenters. The summed E-state index contributed by atoms with van der Waals surface area (Å²) < 4.78 is 68.2. The second kappa shape index (κ2) is 61.3. The van der Waals surface area contributed by atoms with E-state index in [1.807, 2.05) is 0 Å². The van der Waals surface area contributed by atoms with Gasteiger partial charge in [0, 0.05) is 25.7 Å². The maximum Gasteiger partial charge on any atom is 0.472 e. The first-order valence-electron chi connectivity index (χ1n) is 36.0. The van der Waals surface area contributed by atoms with E-state index in [1.54, 1.807) is 0 Å². The number of esters is 4. The van der Waals surface area contributed by atoms with Gasteiger partial charge in [-0.2, -0.15) is 0 Å². The van der Waals surface area contributed by atoms with Gasteiger partial charge in [0.05, 0.1) is 26.4 Å². The number of ether oxygens (including phenoxy) is 4. The number of carbonyl (C=O) groups excluding carboxylic acids is 4. The van der Waals surface area contributed by atoms with Gasteiger partial charge in [0.15, 0.2) is 12.2 Å². The summed E-state index contributed by atoms with van der Waals surface area (Å²) in [6, 6.07) is 0. The Balaban J connectivity index is 5.22. The average molecular weight is 1300 g/mol. The smallest absolute Gasteiger partial charge is 0.462 e. The van der Waals surface area contributed by atoms with E-state index in [2.05, 4.69) is 41.5 Å². The van der Waals surface area contributed by atoms with Crippen LogP contribution in [-0.4, -0.2) is 96.7 Å². The number of unbranched alkanes of at least 4 members (excludes halogenated alkanes) is 37. The summed E-state index contributed by atoms with van der Waals surface area (Å²) in [7, 11) is -9.89. The van der Waals surface area contributed by atoms with Crippen LogP contribution in [0.15, 0.2) is 0 Å². The van der Waals surface area contributed by atoms with Gasteiger partial charge in [0.25, 0.3) is 0 Å². The van der Waals surface area contributed by atoms with Crippen molar-refractivity contribution in [2.75, 3.05) is 39.6 Å². The van der Waals surface area contributed by atoms with Gasteiger partial charge in [0.2, 0.25) is 0 Å². The van der Waals surface area contributed by atoms with Crippen LogP contribution in [0.5, 0.6) is 0 Å². The molecule has 0 saturated heterocycles. The Kier molecular flexibility index (Phi) is 59.9. The molecule has 0 saturated carbocycles. The van der Waals surface area contributed by atoms with Gasteiger partial charge in [-0.05, 0) is 37.5 Å². The van der Waals surface area contributed by atoms with E-state index in [0.29, 0.717) is 25.7 Å². The minimum absolute atomic E-state index is 0.106. The molecule has 522 valence electrons. The highest BCUT2D eigenvalue weighted by atomic mass is 31.2. The molecule has 0 fully saturated rings. The molecule has 0 aromatic heterocycles. The molecule has 0 heterocycles. The molecule has 0 aliphatic heterocycles. The average Bonchev–Trinajstić information content (AvgIpc) is 3.56. The number of phosphoric acid groups is 2. The molecular weight excluding hydrogens is 1160 g/mol. The summed E-state index contributed by atoms with van der Waals surface area (Å²) in [5, 5.41) is 10.6. The third-order valence-corrected chi connectivity index (χ3v) is 18.2. The lowest BCUT2D eigenvalue weighted by molar-refractivity contribution is -0.161. The molecule has 0 aromatic rings. The summed E-state index contributed by atoms with van der Waals surface area (Å²) in [5.41, 5.74) is 0. The molecular formula is C69H134O17P2. The van der Waals surface area contributed by atoms with E-state index in [-0.39, 0.29) is 25.7 Å². The molecule has 0 aliphatic rings. The predicted molar refractivity (Wildman–Crippen MR) is 354 cm³/mol. The van der Waals surface area contributed by atoms with Gasteiger partial charge < -0.3 is 33.8 Å². The Hall–Kier alpha value is -1.94. The first-order valence-corrected chi connectivity index (χ1v) is 39.0. The van der Waals surface area contributed by atoms with Crippen molar-refractivity contribution in [1.29, 1.82) is 0 Å². The van der Waals surface area contributed by atoms with Crippen LogP contribution in [0.2, 0.25) is 0 Å². The Labute approximate surface area is 537 Å². The minimum atomic E-state index is -4.95. The number of hydrogen-bond donors (Lipinski definition) is 3. The topological polar surface area (TPSA) is 237 Å². The molecule has 0 aliphatic carbocycles. The first-order chi connectivity index (χ1) is 42.4. The lowest BCUT2D eigenvalue weighted by Gasteiger charge is -2.21. The summed E-state index contributed by atoms with van der Waals surface area (Å²) in [6.45, 7) is 9.54. The number of carbonyl (C=O) groups is 4. The Morgan fingerprint density at radius 1 is 0.330 bits per heavy atom. The van der Waals surface area contributed by atoms with E-state index >= 15 is 0 Å².